The minimum absolute atomic E-state index is 0.0948. The number of amides is 1. The molecule has 9 heteroatoms. The maximum absolute atomic E-state index is 14.7. The van der Waals surface area contributed by atoms with Crippen LogP contribution in [-0.4, -0.2) is 30.7 Å². The van der Waals surface area contributed by atoms with Crippen LogP contribution in [0.3, 0.4) is 0 Å². The van der Waals surface area contributed by atoms with E-state index in [-0.39, 0.29) is 23.7 Å². The Bertz CT molecular complexity index is 872. The predicted octanol–water partition coefficient (Wildman–Crippen LogP) is 3.27. The number of aliphatic carboxylic acids is 1. The molecule has 1 unspecified atom stereocenters. The summed E-state index contributed by atoms with van der Waals surface area (Å²) in [4.78, 5) is 23.7. The highest BCUT2D eigenvalue weighted by Gasteiger charge is 2.45. The first-order chi connectivity index (χ1) is 13.2. The maximum Gasteiger partial charge on any atom is 0.353 e. The van der Waals surface area contributed by atoms with Crippen LogP contribution in [0.4, 0.5) is 13.2 Å². The summed E-state index contributed by atoms with van der Waals surface area (Å²) in [7, 11) is 1.21. The number of benzene rings is 2. The highest BCUT2D eigenvalue weighted by molar-refractivity contribution is 5.90. The minimum atomic E-state index is -4.08. The van der Waals surface area contributed by atoms with Crippen molar-refractivity contribution in [2.24, 2.45) is 0 Å². The zero-order valence-corrected chi connectivity index (χ0v) is 15.0. The third-order valence-electron chi connectivity index (χ3n) is 3.84. The number of rotatable bonds is 8. The van der Waals surface area contributed by atoms with Crippen LogP contribution in [0.25, 0.3) is 0 Å². The monoisotopic (exact) mass is 397 g/mol. The number of halogens is 3. The number of hydrogen-bond donors (Lipinski definition) is 2. The van der Waals surface area contributed by atoms with Crippen molar-refractivity contribution in [2.45, 2.75) is 18.9 Å². The van der Waals surface area contributed by atoms with E-state index in [4.69, 9.17) is 9.47 Å². The number of methoxy groups -OCH3 is 1. The number of para-hydroxylation sites is 1. The summed E-state index contributed by atoms with van der Waals surface area (Å²) in [6.45, 7) is 1.69. The van der Waals surface area contributed by atoms with Crippen molar-refractivity contribution in [1.29, 1.82) is 0 Å². The molecular formula is C19H18F3NO5. The summed E-state index contributed by atoms with van der Waals surface area (Å²) in [6.07, 6.45) is 0. The van der Waals surface area contributed by atoms with Crippen molar-refractivity contribution in [1.82, 2.24) is 5.32 Å². The molecule has 2 N–H and O–H groups in total. The molecule has 0 bridgehead atoms. The molecule has 150 valence electrons. The first-order valence-corrected chi connectivity index (χ1v) is 8.19. The SMILES string of the molecule is CCOc1ccccc1C(F)(F)C(=O)NC(C(=O)O)c1ccc(OC)c(F)c1. The largest absolute Gasteiger partial charge is 0.494 e. The van der Waals surface area contributed by atoms with Crippen molar-refractivity contribution < 1.29 is 37.3 Å². The quantitative estimate of drug-likeness (QED) is 0.714. The molecule has 28 heavy (non-hydrogen) atoms. The Morgan fingerprint density at radius 2 is 1.86 bits per heavy atom. The lowest BCUT2D eigenvalue weighted by Gasteiger charge is -2.22. The van der Waals surface area contributed by atoms with Gasteiger partial charge in [0.2, 0.25) is 0 Å². The second kappa shape index (κ2) is 8.64. The molecule has 0 aliphatic heterocycles. The van der Waals surface area contributed by atoms with Crippen LogP contribution >= 0.6 is 0 Å². The molecule has 0 fully saturated rings. The number of alkyl halides is 2. The van der Waals surface area contributed by atoms with Gasteiger partial charge in [0.15, 0.2) is 17.6 Å². The first kappa shape index (κ1) is 21.1. The highest BCUT2D eigenvalue weighted by Crippen LogP contribution is 2.36. The molecule has 1 amide bonds. The Hall–Kier alpha value is -3.23. The first-order valence-electron chi connectivity index (χ1n) is 8.19. The molecule has 0 aliphatic rings. The number of carbonyl (C=O) groups excluding carboxylic acids is 1. The van der Waals surface area contributed by atoms with Crippen molar-refractivity contribution >= 4 is 11.9 Å². The van der Waals surface area contributed by atoms with Crippen LogP contribution in [0.2, 0.25) is 0 Å². The maximum atomic E-state index is 14.7. The van der Waals surface area contributed by atoms with Gasteiger partial charge in [-0.05, 0) is 36.8 Å². The van der Waals surface area contributed by atoms with Gasteiger partial charge in [-0.25, -0.2) is 9.18 Å². The number of nitrogens with one attached hydrogen (secondary N) is 1. The molecule has 0 heterocycles. The predicted molar refractivity (Wildman–Crippen MR) is 93.0 cm³/mol. The van der Waals surface area contributed by atoms with Crippen LogP contribution in [0.15, 0.2) is 42.5 Å². The summed E-state index contributed by atoms with van der Waals surface area (Å²) in [5.74, 6) is -8.82. The molecule has 2 aromatic rings. The smallest absolute Gasteiger partial charge is 0.353 e. The van der Waals surface area contributed by atoms with E-state index in [0.717, 1.165) is 24.3 Å². The van der Waals surface area contributed by atoms with Crippen LogP contribution in [0.5, 0.6) is 11.5 Å². The topological polar surface area (TPSA) is 84.9 Å². The van der Waals surface area contributed by atoms with Gasteiger partial charge >= 0.3 is 11.9 Å². The third-order valence-corrected chi connectivity index (χ3v) is 3.84. The Labute approximate surface area is 158 Å². The van der Waals surface area contributed by atoms with Gasteiger partial charge in [0, 0.05) is 0 Å². The van der Waals surface area contributed by atoms with E-state index in [1.807, 2.05) is 0 Å². The molecule has 2 aromatic carbocycles. The van der Waals surface area contributed by atoms with Gasteiger partial charge in [-0.15, -0.1) is 0 Å². The lowest BCUT2D eigenvalue weighted by atomic mass is 10.0. The number of carbonyl (C=O) groups is 2. The fraction of sp³-hybridized carbons (Fsp3) is 0.263. The minimum Gasteiger partial charge on any atom is -0.494 e. The normalized spacial score (nSPS) is 12.2. The number of ether oxygens (including phenoxy) is 2. The average molecular weight is 397 g/mol. The van der Waals surface area contributed by atoms with E-state index in [2.05, 4.69) is 0 Å². The lowest BCUT2D eigenvalue weighted by molar-refractivity contribution is -0.152. The van der Waals surface area contributed by atoms with Crippen molar-refractivity contribution in [3.05, 3.63) is 59.4 Å². The van der Waals surface area contributed by atoms with Crippen molar-refractivity contribution in [2.75, 3.05) is 13.7 Å². The van der Waals surface area contributed by atoms with Crippen molar-refractivity contribution in [3.63, 3.8) is 0 Å². The zero-order chi connectivity index (χ0) is 20.9. The third kappa shape index (κ3) is 4.36. The highest BCUT2D eigenvalue weighted by atomic mass is 19.3. The molecule has 0 saturated heterocycles. The van der Waals surface area contributed by atoms with Crippen LogP contribution in [-0.2, 0) is 15.5 Å². The van der Waals surface area contributed by atoms with E-state index >= 15 is 0 Å². The summed E-state index contributed by atoms with van der Waals surface area (Å²) >= 11 is 0. The van der Waals surface area contributed by atoms with E-state index in [1.54, 1.807) is 12.2 Å². The summed E-state index contributed by atoms with van der Waals surface area (Å²) in [5.41, 5.74) is -0.938. The van der Waals surface area contributed by atoms with Gasteiger partial charge < -0.3 is 19.9 Å². The number of carboxylic acid groups (broad SMARTS) is 1. The second-order valence-electron chi connectivity index (χ2n) is 5.64. The average Bonchev–Trinajstić information content (AvgIpc) is 2.66. The van der Waals surface area contributed by atoms with E-state index in [1.165, 1.54) is 25.3 Å². The van der Waals surface area contributed by atoms with Crippen molar-refractivity contribution in [3.8, 4) is 11.5 Å². The van der Waals surface area contributed by atoms with Crippen LogP contribution in [0, 0.1) is 5.82 Å². The molecule has 1 atom stereocenters. The Balaban J connectivity index is 2.34. The molecule has 0 spiro atoms. The molecule has 0 radical (unpaired) electrons. The lowest BCUT2D eigenvalue weighted by Crippen LogP contribution is -2.42. The Kier molecular flexibility index (Phi) is 6.50. The van der Waals surface area contributed by atoms with E-state index in [0.29, 0.717) is 0 Å². The standard InChI is InChI=1S/C19H18F3NO5/c1-3-28-14-7-5-4-6-12(14)19(21,22)18(26)23-16(17(24)25)11-8-9-15(27-2)13(20)10-11/h4-10,16H,3H2,1-2H3,(H,23,26)(H,24,25). The van der Waals surface area contributed by atoms with Gasteiger partial charge in [0.25, 0.3) is 5.91 Å². The Morgan fingerprint density at radius 3 is 2.43 bits per heavy atom. The molecule has 0 saturated carbocycles. The van der Waals surface area contributed by atoms with Gasteiger partial charge in [0.05, 0.1) is 19.3 Å². The van der Waals surface area contributed by atoms with Gasteiger partial charge in [-0.1, -0.05) is 18.2 Å². The molecule has 0 aliphatic carbocycles. The van der Waals surface area contributed by atoms with Gasteiger partial charge in [0.1, 0.15) is 5.75 Å². The van der Waals surface area contributed by atoms with Gasteiger partial charge in [-0.2, -0.15) is 8.78 Å². The van der Waals surface area contributed by atoms with Gasteiger partial charge in [-0.3, -0.25) is 4.79 Å². The molecule has 6 nitrogen and oxygen atoms in total. The summed E-state index contributed by atoms with van der Waals surface area (Å²) in [6, 6.07) is 6.24. The van der Waals surface area contributed by atoms with Crippen LogP contribution < -0.4 is 14.8 Å². The molecular weight excluding hydrogens is 379 g/mol. The second-order valence-corrected chi connectivity index (χ2v) is 5.64. The number of carboxylic acids is 1. The fourth-order valence-corrected chi connectivity index (χ4v) is 2.50. The molecule has 2 rings (SSSR count). The summed E-state index contributed by atoms with van der Waals surface area (Å²) < 4.78 is 53.1. The molecule has 0 aromatic heterocycles. The number of hydrogen-bond acceptors (Lipinski definition) is 4. The Morgan fingerprint density at radius 1 is 1.18 bits per heavy atom. The summed E-state index contributed by atoms with van der Waals surface area (Å²) in [5, 5.41) is 11.1. The fourth-order valence-electron chi connectivity index (χ4n) is 2.50. The zero-order valence-electron chi connectivity index (χ0n) is 15.0. The van der Waals surface area contributed by atoms with E-state index in [9.17, 15) is 27.9 Å². The van der Waals surface area contributed by atoms with Crippen LogP contribution in [0.1, 0.15) is 24.1 Å². The van der Waals surface area contributed by atoms with E-state index < -0.39 is 35.2 Å².